The second kappa shape index (κ2) is 15.6. The summed E-state index contributed by atoms with van der Waals surface area (Å²) < 4.78 is 2.40. The predicted octanol–water partition coefficient (Wildman–Crippen LogP) is 17.2. The van der Waals surface area contributed by atoms with E-state index in [1.54, 1.807) is 0 Å². The van der Waals surface area contributed by atoms with E-state index in [4.69, 9.17) is 0 Å². The Labute approximate surface area is 381 Å². The minimum absolute atomic E-state index is 0.227. The number of hydrogen-bond donors (Lipinski definition) is 0. The van der Waals surface area contributed by atoms with Crippen molar-refractivity contribution in [2.45, 2.75) is 19.3 Å². The van der Waals surface area contributed by atoms with Crippen LogP contribution in [0.2, 0.25) is 0 Å². The number of benzene rings is 10. The van der Waals surface area contributed by atoms with E-state index in [-0.39, 0.29) is 5.41 Å². The Bertz CT molecular complexity index is 3430. The summed E-state index contributed by atoms with van der Waals surface area (Å²) in [6.45, 7) is 4.78. The van der Waals surface area contributed by atoms with E-state index < -0.39 is 0 Å². The van der Waals surface area contributed by atoms with Crippen LogP contribution in [-0.4, -0.2) is 4.57 Å². The molecule has 1 aliphatic carbocycles. The van der Waals surface area contributed by atoms with Crippen LogP contribution in [-0.2, 0) is 5.41 Å². The minimum Gasteiger partial charge on any atom is -0.310 e. The Morgan fingerprint density at radius 3 is 1.17 bits per heavy atom. The van der Waals surface area contributed by atoms with Crippen molar-refractivity contribution in [1.82, 2.24) is 4.57 Å². The molecule has 0 aliphatic heterocycles. The van der Waals surface area contributed by atoms with Gasteiger partial charge in [0.2, 0.25) is 0 Å². The topological polar surface area (TPSA) is 8.17 Å². The molecule has 0 saturated heterocycles. The third kappa shape index (κ3) is 6.65. The second-order valence-electron chi connectivity index (χ2n) is 17.8. The maximum Gasteiger partial charge on any atom is 0.0541 e. The highest BCUT2D eigenvalue weighted by Crippen LogP contribution is 2.52. The highest BCUT2D eigenvalue weighted by Gasteiger charge is 2.36. The van der Waals surface area contributed by atoms with Gasteiger partial charge in [0, 0.05) is 38.9 Å². The molecular weight excluding hydrogens is 785 g/mol. The highest BCUT2D eigenvalue weighted by molar-refractivity contribution is 6.11. The van der Waals surface area contributed by atoms with Crippen molar-refractivity contribution in [3.05, 3.63) is 254 Å². The number of para-hydroxylation sites is 1. The fourth-order valence-corrected chi connectivity index (χ4v) is 10.2. The Balaban J connectivity index is 0.939. The van der Waals surface area contributed by atoms with Gasteiger partial charge in [-0.1, -0.05) is 178 Å². The van der Waals surface area contributed by atoms with Gasteiger partial charge in [-0.2, -0.15) is 0 Å². The number of fused-ring (bicyclic) bond motifs is 6. The maximum absolute atomic E-state index is 2.45. The van der Waals surface area contributed by atoms with Crippen molar-refractivity contribution in [2.75, 3.05) is 4.90 Å². The predicted molar refractivity (Wildman–Crippen MR) is 275 cm³/mol. The van der Waals surface area contributed by atoms with E-state index in [0.29, 0.717) is 0 Å². The maximum atomic E-state index is 2.45. The van der Waals surface area contributed by atoms with Crippen molar-refractivity contribution < 1.29 is 0 Å². The zero-order valence-electron chi connectivity index (χ0n) is 36.5. The first kappa shape index (κ1) is 38.5. The summed E-state index contributed by atoms with van der Waals surface area (Å²) in [4.78, 5) is 2.40. The van der Waals surface area contributed by atoms with Gasteiger partial charge in [0.1, 0.15) is 0 Å². The molecular formula is C63H46N2. The van der Waals surface area contributed by atoms with Crippen molar-refractivity contribution in [3.63, 3.8) is 0 Å². The molecule has 12 rings (SSSR count). The average Bonchev–Trinajstić information content (AvgIpc) is 3.82. The molecule has 0 unspecified atom stereocenters. The second-order valence-corrected chi connectivity index (χ2v) is 17.8. The molecule has 10 aromatic carbocycles. The standard InChI is InChI=1S/C63H46N2/c1-63(2)59-41-50(49-29-38-62-58(40-49)57-39-48(45-19-11-5-12-20-45)28-37-61(57)65(62)51-21-13-6-14-22-51)27-35-55(59)56-36-34-54(42-60(56)63)64(52-30-23-46(24-31-52)43-15-7-3-8-16-43)53-32-25-47(26-33-53)44-17-9-4-10-18-44/h3-42H,1-2H3. The first-order valence-corrected chi connectivity index (χ1v) is 22.6. The Morgan fingerprint density at radius 1 is 0.308 bits per heavy atom. The van der Waals surface area contributed by atoms with Crippen molar-refractivity contribution in [1.29, 1.82) is 0 Å². The number of aromatic nitrogens is 1. The normalized spacial score (nSPS) is 12.6. The van der Waals surface area contributed by atoms with E-state index in [0.717, 1.165) is 22.7 Å². The third-order valence-corrected chi connectivity index (χ3v) is 13.6. The fraction of sp³-hybridized carbons (Fsp3) is 0.0476. The quantitative estimate of drug-likeness (QED) is 0.148. The van der Waals surface area contributed by atoms with Crippen LogP contribution >= 0.6 is 0 Å². The molecule has 2 nitrogen and oxygen atoms in total. The van der Waals surface area contributed by atoms with Crippen LogP contribution in [0.4, 0.5) is 17.1 Å². The van der Waals surface area contributed by atoms with Crippen LogP contribution in [0.1, 0.15) is 25.0 Å². The molecule has 0 bridgehead atoms. The molecule has 1 aromatic heterocycles. The molecule has 0 spiro atoms. The number of nitrogens with zero attached hydrogens (tertiary/aromatic N) is 2. The molecule has 0 saturated carbocycles. The number of anilines is 3. The first-order chi connectivity index (χ1) is 32.0. The SMILES string of the molecule is CC1(C)c2cc(-c3ccc4c(c3)c3cc(-c5ccccc5)ccc3n4-c3ccccc3)ccc2-c2ccc(N(c3ccc(-c4ccccc4)cc3)c3ccc(-c4ccccc4)cc3)cc21. The molecule has 0 fully saturated rings. The van der Waals surface area contributed by atoms with Gasteiger partial charge in [-0.05, 0) is 146 Å². The van der Waals surface area contributed by atoms with Gasteiger partial charge in [0.05, 0.1) is 11.0 Å². The summed E-state index contributed by atoms with van der Waals surface area (Å²) in [5.74, 6) is 0. The van der Waals surface area contributed by atoms with Crippen LogP contribution in [0.3, 0.4) is 0 Å². The molecule has 11 aromatic rings. The smallest absolute Gasteiger partial charge is 0.0541 e. The van der Waals surface area contributed by atoms with E-state index in [9.17, 15) is 0 Å². The van der Waals surface area contributed by atoms with Crippen LogP contribution in [0.25, 0.3) is 83.1 Å². The van der Waals surface area contributed by atoms with E-state index in [2.05, 4.69) is 266 Å². The summed E-state index contributed by atoms with van der Waals surface area (Å²) >= 11 is 0. The summed E-state index contributed by atoms with van der Waals surface area (Å²) in [5, 5.41) is 2.50. The zero-order chi connectivity index (χ0) is 43.5. The first-order valence-electron chi connectivity index (χ1n) is 22.6. The van der Waals surface area contributed by atoms with Gasteiger partial charge >= 0.3 is 0 Å². The van der Waals surface area contributed by atoms with Gasteiger partial charge < -0.3 is 9.47 Å². The van der Waals surface area contributed by atoms with E-state index in [1.165, 1.54) is 88.6 Å². The summed E-state index contributed by atoms with van der Waals surface area (Å²) in [6, 6.07) is 88.8. The van der Waals surface area contributed by atoms with Gasteiger partial charge in [0.25, 0.3) is 0 Å². The van der Waals surface area contributed by atoms with E-state index >= 15 is 0 Å². The Morgan fingerprint density at radius 2 is 0.662 bits per heavy atom. The lowest BCUT2D eigenvalue weighted by atomic mass is 9.81. The monoisotopic (exact) mass is 830 g/mol. The molecule has 308 valence electrons. The average molecular weight is 831 g/mol. The molecule has 2 heteroatoms. The number of hydrogen-bond acceptors (Lipinski definition) is 1. The molecule has 0 atom stereocenters. The largest absolute Gasteiger partial charge is 0.310 e. The fourth-order valence-electron chi connectivity index (χ4n) is 10.2. The molecule has 65 heavy (non-hydrogen) atoms. The third-order valence-electron chi connectivity index (χ3n) is 13.6. The van der Waals surface area contributed by atoms with Crippen LogP contribution in [0.15, 0.2) is 243 Å². The molecule has 0 amide bonds. The van der Waals surface area contributed by atoms with E-state index in [1.807, 2.05) is 0 Å². The highest BCUT2D eigenvalue weighted by atomic mass is 15.1. The van der Waals surface area contributed by atoms with Crippen molar-refractivity contribution in [2.24, 2.45) is 0 Å². The lowest BCUT2D eigenvalue weighted by Gasteiger charge is -2.28. The molecule has 0 N–H and O–H groups in total. The van der Waals surface area contributed by atoms with Gasteiger partial charge in [-0.15, -0.1) is 0 Å². The molecule has 0 radical (unpaired) electrons. The van der Waals surface area contributed by atoms with Gasteiger partial charge in [-0.25, -0.2) is 0 Å². The van der Waals surface area contributed by atoms with Crippen LogP contribution in [0, 0.1) is 0 Å². The van der Waals surface area contributed by atoms with Gasteiger partial charge in [-0.3, -0.25) is 0 Å². The minimum atomic E-state index is -0.227. The van der Waals surface area contributed by atoms with Crippen LogP contribution < -0.4 is 4.90 Å². The summed E-state index contributed by atoms with van der Waals surface area (Å²) in [6.07, 6.45) is 0. The number of rotatable bonds is 8. The van der Waals surface area contributed by atoms with Crippen molar-refractivity contribution in [3.8, 4) is 61.3 Å². The lowest BCUT2D eigenvalue weighted by Crippen LogP contribution is -2.16. The Kier molecular flexibility index (Phi) is 9.21. The van der Waals surface area contributed by atoms with Gasteiger partial charge in [0.15, 0.2) is 0 Å². The molecule has 1 aliphatic rings. The summed E-state index contributed by atoms with van der Waals surface area (Å²) in [7, 11) is 0. The zero-order valence-corrected chi connectivity index (χ0v) is 36.5. The summed E-state index contributed by atoms with van der Waals surface area (Å²) in [5.41, 5.74) is 21.7. The Hall–Kier alpha value is -8.20. The lowest BCUT2D eigenvalue weighted by molar-refractivity contribution is 0.660. The molecule has 1 heterocycles. The van der Waals surface area contributed by atoms with Crippen LogP contribution in [0.5, 0.6) is 0 Å². The van der Waals surface area contributed by atoms with Crippen molar-refractivity contribution >= 4 is 38.9 Å².